The molecule has 4 rings (SSSR count). The van der Waals surface area contributed by atoms with Gasteiger partial charge in [-0.3, -0.25) is 9.48 Å². The molecule has 0 saturated heterocycles. The second-order valence-electron chi connectivity index (χ2n) is 7.62. The fourth-order valence-electron chi connectivity index (χ4n) is 3.97. The second kappa shape index (κ2) is 7.73. The van der Waals surface area contributed by atoms with Crippen molar-refractivity contribution < 1.29 is 9.53 Å². The van der Waals surface area contributed by atoms with E-state index in [1.54, 1.807) is 11.8 Å². The number of nitrogens with zero attached hydrogens (tertiary/aromatic N) is 4. The van der Waals surface area contributed by atoms with Crippen LogP contribution in [0.2, 0.25) is 0 Å². The number of hydrogen-bond donors (Lipinski definition) is 1. The Morgan fingerprint density at radius 3 is 2.66 bits per heavy atom. The molecule has 1 unspecified atom stereocenters. The molecule has 1 N–H and O–H groups in total. The number of hydrogen-bond acceptors (Lipinski definition) is 4. The zero-order valence-electron chi connectivity index (χ0n) is 17.4. The van der Waals surface area contributed by atoms with Crippen molar-refractivity contribution in [3.8, 4) is 11.4 Å². The number of methoxy groups -OCH3 is 1. The lowest BCUT2D eigenvalue weighted by Gasteiger charge is -2.24. The van der Waals surface area contributed by atoms with Crippen LogP contribution in [0.1, 0.15) is 47.1 Å². The molecular formula is C22H27N5O2. The molecule has 7 nitrogen and oxygen atoms in total. The van der Waals surface area contributed by atoms with E-state index in [1.165, 1.54) is 0 Å². The smallest absolute Gasteiger partial charge is 0.242 e. The van der Waals surface area contributed by atoms with Gasteiger partial charge in [0.05, 0.1) is 30.7 Å². The van der Waals surface area contributed by atoms with Crippen molar-refractivity contribution in [3.05, 3.63) is 58.7 Å². The van der Waals surface area contributed by atoms with E-state index in [-0.39, 0.29) is 18.5 Å². The fourth-order valence-corrected chi connectivity index (χ4v) is 3.97. The summed E-state index contributed by atoms with van der Waals surface area (Å²) in [4.78, 5) is 12.7. The number of ether oxygens (including phenoxy) is 1. The van der Waals surface area contributed by atoms with Crippen molar-refractivity contribution in [3.63, 3.8) is 0 Å². The van der Waals surface area contributed by atoms with E-state index in [0.29, 0.717) is 0 Å². The molecule has 0 fully saturated rings. The number of aryl methyl sites for hydroxylation is 1. The van der Waals surface area contributed by atoms with Crippen molar-refractivity contribution in [1.29, 1.82) is 0 Å². The minimum Gasteiger partial charge on any atom is -0.497 e. The Hall–Kier alpha value is -3.09. The van der Waals surface area contributed by atoms with Gasteiger partial charge in [0.15, 0.2) is 0 Å². The van der Waals surface area contributed by atoms with Crippen LogP contribution >= 0.6 is 0 Å². The normalized spacial score (nSPS) is 15.8. The van der Waals surface area contributed by atoms with Crippen molar-refractivity contribution in [2.45, 2.75) is 52.6 Å². The molecule has 2 aromatic heterocycles. The minimum absolute atomic E-state index is 0.0173. The lowest BCUT2D eigenvalue weighted by atomic mass is 9.93. The summed E-state index contributed by atoms with van der Waals surface area (Å²) in [6.45, 7) is 6.24. The SMILES string of the molecule is COc1ccc(-n2ncc3c2CCCC3NC(=O)Cn2nc(C)c(C)c2C)cc1. The minimum atomic E-state index is -0.0225. The van der Waals surface area contributed by atoms with Crippen LogP contribution in [0.3, 0.4) is 0 Å². The number of nitrogens with one attached hydrogen (secondary N) is 1. The molecule has 0 spiro atoms. The van der Waals surface area contributed by atoms with E-state index in [1.807, 2.05) is 55.9 Å². The second-order valence-corrected chi connectivity index (χ2v) is 7.62. The van der Waals surface area contributed by atoms with Crippen molar-refractivity contribution >= 4 is 5.91 Å². The van der Waals surface area contributed by atoms with E-state index in [2.05, 4.69) is 15.5 Å². The fraction of sp³-hybridized carbons (Fsp3) is 0.409. The first-order valence-electron chi connectivity index (χ1n) is 9.99. The Bertz CT molecular complexity index is 1030. The summed E-state index contributed by atoms with van der Waals surface area (Å²) in [6.07, 6.45) is 4.77. The maximum absolute atomic E-state index is 12.7. The number of aromatic nitrogens is 4. The van der Waals surface area contributed by atoms with Crippen LogP contribution in [0.5, 0.6) is 5.75 Å². The average Bonchev–Trinajstić information content (AvgIpc) is 3.26. The third-order valence-electron chi connectivity index (χ3n) is 5.87. The zero-order valence-corrected chi connectivity index (χ0v) is 17.4. The average molecular weight is 393 g/mol. The maximum Gasteiger partial charge on any atom is 0.242 e. The maximum atomic E-state index is 12.7. The monoisotopic (exact) mass is 393 g/mol. The summed E-state index contributed by atoms with van der Waals surface area (Å²) in [6, 6.07) is 7.85. The molecular weight excluding hydrogens is 366 g/mol. The first-order valence-corrected chi connectivity index (χ1v) is 9.99. The van der Waals surface area contributed by atoms with E-state index < -0.39 is 0 Å². The number of amides is 1. The van der Waals surface area contributed by atoms with Gasteiger partial charge in [0.25, 0.3) is 0 Å². The van der Waals surface area contributed by atoms with E-state index in [0.717, 1.165) is 58.9 Å². The third-order valence-corrected chi connectivity index (χ3v) is 5.87. The van der Waals surface area contributed by atoms with Crippen LogP contribution < -0.4 is 10.1 Å². The lowest BCUT2D eigenvalue weighted by Crippen LogP contribution is -2.34. The van der Waals surface area contributed by atoms with Gasteiger partial charge in [-0.1, -0.05) is 0 Å². The highest BCUT2D eigenvalue weighted by atomic mass is 16.5. The summed E-state index contributed by atoms with van der Waals surface area (Å²) in [7, 11) is 1.66. The summed E-state index contributed by atoms with van der Waals surface area (Å²) < 4.78 is 8.99. The first-order chi connectivity index (χ1) is 14.0. The van der Waals surface area contributed by atoms with Gasteiger partial charge < -0.3 is 10.1 Å². The molecule has 1 amide bonds. The third kappa shape index (κ3) is 3.64. The Morgan fingerprint density at radius 1 is 1.24 bits per heavy atom. The molecule has 0 bridgehead atoms. The van der Waals surface area contributed by atoms with Gasteiger partial charge in [-0.2, -0.15) is 10.2 Å². The van der Waals surface area contributed by atoms with Crippen LogP contribution in [0.25, 0.3) is 5.69 Å². The van der Waals surface area contributed by atoms with Gasteiger partial charge in [0.2, 0.25) is 5.91 Å². The van der Waals surface area contributed by atoms with Crippen LogP contribution in [0.4, 0.5) is 0 Å². The van der Waals surface area contributed by atoms with Gasteiger partial charge in [-0.25, -0.2) is 4.68 Å². The first kappa shape index (κ1) is 19.2. The molecule has 0 saturated carbocycles. The highest BCUT2D eigenvalue weighted by Crippen LogP contribution is 2.31. The molecule has 152 valence electrons. The van der Waals surface area contributed by atoms with Crippen LogP contribution in [0.15, 0.2) is 30.5 Å². The highest BCUT2D eigenvalue weighted by Gasteiger charge is 2.26. The quantitative estimate of drug-likeness (QED) is 0.722. The Morgan fingerprint density at radius 2 is 2.00 bits per heavy atom. The molecule has 0 radical (unpaired) electrons. The number of rotatable bonds is 5. The van der Waals surface area contributed by atoms with Crippen molar-refractivity contribution in [2.75, 3.05) is 7.11 Å². The highest BCUT2D eigenvalue weighted by molar-refractivity contribution is 5.76. The van der Waals surface area contributed by atoms with E-state index in [4.69, 9.17) is 4.74 Å². The van der Waals surface area contributed by atoms with E-state index in [9.17, 15) is 4.79 Å². The molecule has 1 atom stereocenters. The van der Waals surface area contributed by atoms with Gasteiger partial charge >= 0.3 is 0 Å². The topological polar surface area (TPSA) is 74.0 Å². The standard InChI is InChI=1S/C22H27N5O2/c1-14-15(2)25-26(16(14)3)13-22(28)24-20-6-5-7-21-19(20)12-23-27(21)17-8-10-18(29-4)11-9-17/h8-12,20H,5-7,13H2,1-4H3,(H,24,28). The van der Waals surface area contributed by atoms with Gasteiger partial charge in [-0.05, 0) is 69.9 Å². The molecule has 2 heterocycles. The van der Waals surface area contributed by atoms with Crippen LogP contribution in [-0.4, -0.2) is 32.6 Å². The molecule has 7 heteroatoms. The summed E-state index contributed by atoms with van der Waals surface area (Å²) in [5, 5.41) is 12.3. The zero-order chi connectivity index (χ0) is 20.5. The predicted molar refractivity (Wildman–Crippen MR) is 110 cm³/mol. The molecule has 0 aliphatic heterocycles. The molecule has 29 heavy (non-hydrogen) atoms. The Balaban J connectivity index is 1.52. The predicted octanol–water partition coefficient (Wildman–Crippen LogP) is 3.20. The molecule has 1 aromatic carbocycles. The molecule has 1 aliphatic carbocycles. The Labute approximate surface area is 170 Å². The van der Waals surface area contributed by atoms with Crippen LogP contribution in [-0.2, 0) is 17.8 Å². The van der Waals surface area contributed by atoms with Crippen molar-refractivity contribution in [1.82, 2.24) is 24.9 Å². The van der Waals surface area contributed by atoms with Gasteiger partial charge in [-0.15, -0.1) is 0 Å². The summed E-state index contributed by atoms with van der Waals surface area (Å²) >= 11 is 0. The number of carbonyl (C=O) groups excluding carboxylic acids is 1. The number of fused-ring (bicyclic) bond motifs is 1. The van der Waals surface area contributed by atoms with E-state index >= 15 is 0 Å². The van der Waals surface area contributed by atoms with Gasteiger partial charge in [0, 0.05) is 17.0 Å². The lowest BCUT2D eigenvalue weighted by molar-refractivity contribution is -0.122. The molecule has 1 aliphatic rings. The summed E-state index contributed by atoms with van der Waals surface area (Å²) in [5.74, 6) is 0.796. The summed E-state index contributed by atoms with van der Waals surface area (Å²) in [5.41, 5.74) is 6.40. The Kier molecular flexibility index (Phi) is 5.13. The number of carbonyl (C=O) groups is 1. The molecule has 3 aromatic rings. The van der Waals surface area contributed by atoms with Crippen LogP contribution in [0, 0.1) is 20.8 Å². The van der Waals surface area contributed by atoms with Crippen molar-refractivity contribution in [2.24, 2.45) is 0 Å². The largest absolute Gasteiger partial charge is 0.497 e. The van der Waals surface area contributed by atoms with Gasteiger partial charge in [0.1, 0.15) is 12.3 Å². The number of benzene rings is 1.